The summed E-state index contributed by atoms with van der Waals surface area (Å²) in [5, 5.41) is 15.6. The van der Waals surface area contributed by atoms with Crippen molar-refractivity contribution >= 4 is 23.5 Å². The Balaban J connectivity index is 1.48. The molecule has 0 spiro atoms. The molecule has 4 rings (SSSR count). The molecule has 0 saturated heterocycles. The first-order valence-corrected chi connectivity index (χ1v) is 14.5. The van der Waals surface area contributed by atoms with E-state index in [1.807, 2.05) is 12.1 Å². The fourth-order valence-corrected chi connectivity index (χ4v) is 5.40. The van der Waals surface area contributed by atoms with Gasteiger partial charge in [0.05, 0.1) is 33.1 Å². The standard InChI is InChI=1S/C31H40N6O7/c1-18(38)33-22-12-10-19-15-25(42-3)29(43-4)30(44-5)28(19)20-11-13-23(24(39)16-21(20)22)32-14-8-6-7-9-27(40)35-31-34-26(17-41-2)36-37-31/h11,13,15-16,22H,6-10,12,14,17H2,1-5H3,(H,32,39)(H,33,38)(H2,34,35,36,37,40)/t22-/m0/s1. The highest BCUT2D eigenvalue weighted by atomic mass is 16.5. The Morgan fingerprint density at radius 2 is 1.82 bits per heavy atom. The Labute approximate surface area is 256 Å². The van der Waals surface area contributed by atoms with Gasteiger partial charge in [0.1, 0.15) is 6.61 Å². The summed E-state index contributed by atoms with van der Waals surface area (Å²) >= 11 is 0. The van der Waals surface area contributed by atoms with E-state index in [9.17, 15) is 14.4 Å². The highest BCUT2D eigenvalue weighted by Gasteiger charge is 2.29. The molecule has 0 aliphatic heterocycles. The van der Waals surface area contributed by atoms with E-state index in [4.69, 9.17) is 18.9 Å². The number of unbranched alkanes of at least 4 members (excludes halogenated alkanes) is 2. The molecule has 1 aliphatic rings. The van der Waals surface area contributed by atoms with Crippen molar-refractivity contribution in [2.75, 3.05) is 45.6 Å². The number of rotatable bonds is 14. The molecule has 44 heavy (non-hydrogen) atoms. The van der Waals surface area contributed by atoms with Gasteiger partial charge in [0.2, 0.25) is 28.9 Å². The molecule has 0 unspecified atom stereocenters. The van der Waals surface area contributed by atoms with E-state index >= 15 is 0 Å². The van der Waals surface area contributed by atoms with Crippen LogP contribution in [-0.2, 0) is 27.4 Å². The largest absolute Gasteiger partial charge is 0.493 e. The third-order valence-corrected chi connectivity index (χ3v) is 7.38. The molecule has 0 radical (unpaired) electrons. The molecular formula is C31H40N6O7. The first kappa shape index (κ1) is 32.3. The van der Waals surface area contributed by atoms with Gasteiger partial charge in [-0.3, -0.25) is 24.8 Å². The number of carbonyl (C=O) groups is 2. The van der Waals surface area contributed by atoms with Crippen LogP contribution in [0.4, 0.5) is 11.6 Å². The van der Waals surface area contributed by atoms with Gasteiger partial charge in [0.25, 0.3) is 0 Å². The Hall–Kier alpha value is -4.65. The number of amides is 2. The van der Waals surface area contributed by atoms with Gasteiger partial charge in [0, 0.05) is 32.6 Å². The van der Waals surface area contributed by atoms with Gasteiger partial charge >= 0.3 is 0 Å². The highest BCUT2D eigenvalue weighted by Crippen LogP contribution is 2.50. The quantitative estimate of drug-likeness (QED) is 0.198. The van der Waals surface area contributed by atoms with Crippen LogP contribution < -0.4 is 35.6 Å². The predicted octanol–water partition coefficient (Wildman–Crippen LogP) is 3.74. The number of nitrogens with zero attached hydrogens (tertiary/aromatic N) is 2. The number of H-pyrrole nitrogens is 1. The van der Waals surface area contributed by atoms with Gasteiger partial charge in [-0.25, -0.2) is 0 Å². The Bertz CT molecular complexity index is 1540. The van der Waals surface area contributed by atoms with Crippen LogP contribution in [0.1, 0.15) is 62.0 Å². The van der Waals surface area contributed by atoms with Crippen molar-refractivity contribution in [2.45, 2.75) is 58.1 Å². The molecule has 236 valence electrons. The molecule has 1 atom stereocenters. The third kappa shape index (κ3) is 7.64. The molecule has 4 N–H and O–H groups in total. The molecule has 13 nitrogen and oxygen atoms in total. The summed E-state index contributed by atoms with van der Waals surface area (Å²) in [6.45, 7) is 2.30. The van der Waals surface area contributed by atoms with Gasteiger partial charge in [-0.1, -0.05) is 12.5 Å². The van der Waals surface area contributed by atoms with Gasteiger partial charge in [-0.2, -0.15) is 4.98 Å². The summed E-state index contributed by atoms with van der Waals surface area (Å²) in [6.07, 6.45) is 3.75. The number of methoxy groups -OCH3 is 4. The second-order valence-electron chi connectivity index (χ2n) is 10.4. The lowest BCUT2D eigenvalue weighted by molar-refractivity contribution is -0.119. The van der Waals surface area contributed by atoms with Gasteiger partial charge in [-0.05, 0) is 60.6 Å². The summed E-state index contributed by atoms with van der Waals surface area (Å²) in [5.41, 5.74) is 3.48. The van der Waals surface area contributed by atoms with E-state index in [0.29, 0.717) is 66.6 Å². The van der Waals surface area contributed by atoms with Gasteiger partial charge in [0.15, 0.2) is 17.3 Å². The molecule has 2 aromatic carbocycles. The molecule has 1 aromatic heterocycles. The maximum absolute atomic E-state index is 13.4. The summed E-state index contributed by atoms with van der Waals surface area (Å²) in [7, 11) is 6.24. The van der Waals surface area contributed by atoms with Gasteiger partial charge < -0.3 is 29.6 Å². The van der Waals surface area contributed by atoms with Crippen LogP contribution in [0.5, 0.6) is 17.2 Å². The average Bonchev–Trinajstić information content (AvgIpc) is 3.30. The number of hydrogen-bond acceptors (Lipinski definition) is 10. The van der Waals surface area contributed by atoms with Crippen molar-refractivity contribution in [3.8, 4) is 28.4 Å². The van der Waals surface area contributed by atoms with E-state index in [0.717, 1.165) is 29.5 Å². The van der Waals surface area contributed by atoms with E-state index in [-0.39, 0.29) is 35.8 Å². The zero-order chi connectivity index (χ0) is 31.6. The van der Waals surface area contributed by atoms with Crippen LogP contribution in [0.3, 0.4) is 0 Å². The Kier molecular flexibility index (Phi) is 11.1. The number of hydrogen-bond donors (Lipinski definition) is 4. The summed E-state index contributed by atoms with van der Waals surface area (Å²) in [4.78, 5) is 41.9. The number of benzene rings is 1. The monoisotopic (exact) mass is 608 g/mol. The number of anilines is 2. The molecule has 0 fully saturated rings. The number of fused-ring (bicyclic) bond motifs is 3. The van der Waals surface area contributed by atoms with Crippen molar-refractivity contribution in [2.24, 2.45) is 0 Å². The van der Waals surface area contributed by atoms with E-state index in [1.54, 1.807) is 40.6 Å². The molecular weight excluding hydrogens is 568 g/mol. The lowest BCUT2D eigenvalue weighted by Gasteiger charge is -2.19. The van der Waals surface area contributed by atoms with Crippen LogP contribution in [0, 0.1) is 0 Å². The average molecular weight is 609 g/mol. The molecule has 0 saturated carbocycles. The number of aromatic nitrogens is 3. The Morgan fingerprint density at radius 1 is 1.02 bits per heavy atom. The number of aryl methyl sites for hydroxylation is 1. The number of nitrogens with one attached hydrogen (secondary N) is 4. The highest BCUT2D eigenvalue weighted by molar-refractivity contribution is 5.88. The zero-order valence-corrected chi connectivity index (χ0v) is 25.8. The minimum absolute atomic E-state index is 0.168. The first-order valence-electron chi connectivity index (χ1n) is 14.5. The van der Waals surface area contributed by atoms with Crippen LogP contribution >= 0.6 is 0 Å². The molecule has 1 aliphatic carbocycles. The summed E-state index contributed by atoms with van der Waals surface area (Å²) in [5.74, 6) is 1.90. The van der Waals surface area contributed by atoms with Crippen LogP contribution in [-0.4, -0.2) is 62.0 Å². The topological polar surface area (TPSA) is 166 Å². The van der Waals surface area contributed by atoms with E-state index in [1.165, 1.54) is 6.92 Å². The molecule has 3 aromatic rings. The SMILES string of the molecule is COCc1nc(NC(=O)CCCCCNc2ccc3c(cc2=O)[C@@H](NC(C)=O)CCc2cc(OC)c(OC)c(OC)c2-3)n[nH]1. The third-order valence-electron chi connectivity index (χ3n) is 7.38. The molecule has 0 bridgehead atoms. The fourth-order valence-electron chi connectivity index (χ4n) is 5.40. The fraction of sp³-hybridized carbons (Fsp3) is 0.452. The van der Waals surface area contributed by atoms with Crippen LogP contribution in [0.15, 0.2) is 29.1 Å². The van der Waals surface area contributed by atoms with Crippen LogP contribution in [0.25, 0.3) is 11.1 Å². The number of carbonyl (C=O) groups excluding carboxylic acids is 2. The minimum atomic E-state index is -0.376. The number of ether oxygens (including phenoxy) is 4. The zero-order valence-electron chi connectivity index (χ0n) is 25.8. The molecule has 2 amide bonds. The maximum atomic E-state index is 13.4. The normalized spacial score (nSPS) is 13.6. The lowest BCUT2D eigenvalue weighted by Crippen LogP contribution is -2.26. The van der Waals surface area contributed by atoms with Crippen LogP contribution in [0.2, 0.25) is 0 Å². The Morgan fingerprint density at radius 3 is 2.52 bits per heavy atom. The predicted molar refractivity (Wildman–Crippen MR) is 165 cm³/mol. The first-order chi connectivity index (χ1) is 21.3. The molecule has 1 heterocycles. The maximum Gasteiger partial charge on any atom is 0.248 e. The second kappa shape index (κ2) is 15.2. The van der Waals surface area contributed by atoms with Crippen molar-refractivity contribution in [1.29, 1.82) is 0 Å². The minimum Gasteiger partial charge on any atom is -0.493 e. The molecule has 13 heteroatoms. The van der Waals surface area contributed by atoms with Crippen molar-refractivity contribution in [3.63, 3.8) is 0 Å². The van der Waals surface area contributed by atoms with Crippen molar-refractivity contribution < 1.29 is 28.5 Å². The summed E-state index contributed by atoms with van der Waals surface area (Å²) < 4.78 is 22.0. The van der Waals surface area contributed by atoms with Crippen molar-refractivity contribution in [1.82, 2.24) is 20.5 Å². The lowest BCUT2D eigenvalue weighted by atomic mass is 9.95. The number of aromatic amines is 1. The van der Waals surface area contributed by atoms with E-state index < -0.39 is 0 Å². The van der Waals surface area contributed by atoms with Crippen molar-refractivity contribution in [3.05, 3.63) is 51.4 Å². The van der Waals surface area contributed by atoms with E-state index in [2.05, 4.69) is 31.1 Å². The smallest absolute Gasteiger partial charge is 0.248 e. The van der Waals surface area contributed by atoms with Gasteiger partial charge in [-0.15, -0.1) is 5.10 Å². The summed E-state index contributed by atoms with van der Waals surface area (Å²) in [6, 6.07) is 6.79. The second-order valence-corrected chi connectivity index (χ2v) is 10.4.